The molecule has 0 aromatic rings. The number of hydrogen-bond donors (Lipinski definition) is 1. The van der Waals surface area contributed by atoms with E-state index < -0.39 is 0 Å². The van der Waals surface area contributed by atoms with Gasteiger partial charge in [-0.15, -0.1) is 0 Å². The average molecular weight is 360 g/mol. The van der Waals surface area contributed by atoms with Crippen LogP contribution < -0.4 is 5.32 Å². The quantitative estimate of drug-likeness (QED) is 0.731. The molecule has 4 nitrogen and oxygen atoms in total. The molecule has 0 bridgehead atoms. The summed E-state index contributed by atoms with van der Waals surface area (Å²) in [6.07, 6.45) is 10.4. The molecule has 0 spiro atoms. The fourth-order valence-electron chi connectivity index (χ4n) is 6.84. The summed E-state index contributed by atoms with van der Waals surface area (Å²) in [7, 11) is 0. The zero-order valence-corrected chi connectivity index (χ0v) is 16.5. The summed E-state index contributed by atoms with van der Waals surface area (Å²) in [6, 6.07) is 0. The number of carbonyl (C=O) groups is 2. The van der Waals surface area contributed by atoms with E-state index in [1.54, 1.807) is 0 Å². The van der Waals surface area contributed by atoms with Crippen LogP contribution in [-0.2, 0) is 9.53 Å². The van der Waals surface area contributed by atoms with Crippen LogP contribution in [0.1, 0.15) is 72.1 Å². The number of rotatable bonds is 2. The Balaban J connectivity index is 1.52. The lowest BCUT2D eigenvalue weighted by Crippen LogP contribution is -2.50. The van der Waals surface area contributed by atoms with Gasteiger partial charge in [0.25, 0.3) is 0 Å². The lowest BCUT2D eigenvalue weighted by Gasteiger charge is -2.56. The van der Waals surface area contributed by atoms with E-state index in [2.05, 4.69) is 25.2 Å². The lowest BCUT2D eigenvalue weighted by molar-refractivity contribution is -0.132. The van der Waals surface area contributed by atoms with Gasteiger partial charge in [-0.3, -0.25) is 4.79 Å². The number of carbonyl (C=O) groups excluding carboxylic acids is 2. The molecule has 3 fully saturated rings. The topological polar surface area (TPSA) is 55.4 Å². The molecular formula is C22H33NO3. The second-order valence-electron chi connectivity index (χ2n) is 9.48. The lowest BCUT2D eigenvalue weighted by atomic mass is 9.48. The highest BCUT2D eigenvalue weighted by Crippen LogP contribution is 2.64. The SMILES string of the molecule is CCNC(=O)O[C@@H]1CC[C@@]2(C)C(=CCC3C2CC[C@]2(C)C(=O)CCC32)C1. The van der Waals surface area contributed by atoms with E-state index in [-0.39, 0.29) is 23.0 Å². The maximum Gasteiger partial charge on any atom is 0.407 e. The Morgan fingerprint density at radius 3 is 2.69 bits per heavy atom. The number of ketones is 1. The molecule has 26 heavy (non-hydrogen) atoms. The van der Waals surface area contributed by atoms with Crippen molar-refractivity contribution in [2.75, 3.05) is 6.54 Å². The third-order valence-electron chi connectivity index (χ3n) is 8.36. The molecular weight excluding hydrogens is 326 g/mol. The molecule has 0 radical (unpaired) electrons. The van der Waals surface area contributed by atoms with Crippen molar-refractivity contribution >= 4 is 11.9 Å². The Morgan fingerprint density at radius 1 is 1.19 bits per heavy atom. The normalized spacial score (nSPS) is 44.4. The number of allylic oxidation sites excluding steroid dienone is 1. The number of Topliss-reactive ketones (excluding diaryl/α,β-unsaturated/α-hetero) is 1. The first-order valence-corrected chi connectivity index (χ1v) is 10.6. The molecule has 0 heterocycles. The zero-order valence-electron chi connectivity index (χ0n) is 16.5. The third kappa shape index (κ3) is 2.63. The molecule has 1 N–H and O–H groups in total. The summed E-state index contributed by atoms with van der Waals surface area (Å²) in [5.74, 6) is 2.44. The second kappa shape index (κ2) is 6.38. The molecule has 0 aliphatic heterocycles. The minimum atomic E-state index is -0.284. The van der Waals surface area contributed by atoms with Gasteiger partial charge in [-0.25, -0.2) is 4.79 Å². The van der Waals surface area contributed by atoms with Crippen molar-refractivity contribution in [3.05, 3.63) is 11.6 Å². The molecule has 4 aliphatic rings. The van der Waals surface area contributed by atoms with Crippen molar-refractivity contribution in [2.45, 2.75) is 78.2 Å². The summed E-state index contributed by atoms with van der Waals surface area (Å²) in [6.45, 7) is 7.20. The standard InChI is InChI=1S/C22H33NO3/c1-4-23-20(25)26-15-9-11-21(2)14(13-15)5-6-16-17-7-8-19(24)22(17,3)12-10-18(16)21/h5,15-18H,4,6-13H2,1-3H3,(H,23,25)/t15-,16?,17?,18?,21+,22+/m1/s1. The molecule has 6 atom stereocenters. The van der Waals surface area contributed by atoms with E-state index in [0.717, 1.165) is 44.9 Å². The predicted molar refractivity (Wildman–Crippen MR) is 101 cm³/mol. The summed E-state index contributed by atoms with van der Waals surface area (Å²) in [5.41, 5.74) is 1.69. The van der Waals surface area contributed by atoms with Crippen molar-refractivity contribution < 1.29 is 14.3 Å². The third-order valence-corrected chi connectivity index (χ3v) is 8.36. The van der Waals surface area contributed by atoms with Crippen LogP contribution in [0, 0.1) is 28.6 Å². The number of ether oxygens (including phenoxy) is 1. The Labute approximate surface area is 157 Å². The van der Waals surface area contributed by atoms with Crippen LogP contribution in [-0.4, -0.2) is 24.5 Å². The summed E-state index contributed by atoms with van der Waals surface area (Å²) < 4.78 is 5.63. The van der Waals surface area contributed by atoms with Gasteiger partial charge in [0.1, 0.15) is 11.9 Å². The smallest absolute Gasteiger partial charge is 0.407 e. The fraction of sp³-hybridized carbons (Fsp3) is 0.818. The predicted octanol–water partition coefficient (Wildman–Crippen LogP) is 4.63. The first-order chi connectivity index (χ1) is 12.4. The van der Waals surface area contributed by atoms with Crippen molar-refractivity contribution in [3.8, 4) is 0 Å². The number of alkyl carbamates (subject to hydrolysis) is 1. The first-order valence-electron chi connectivity index (χ1n) is 10.6. The van der Waals surface area contributed by atoms with E-state index in [9.17, 15) is 9.59 Å². The van der Waals surface area contributed by atoms with Gasteiger partial charge in [0.2, 0.25) is 0 Å². The highest BCUT2D eigenvalue weighted by atomic mass is 16.6. The van der Waals surface area contributed by atoms with Crippen LogP contribution >= 0.6 is 0 Å². The largest absolute Gasteiger partial charge is 0.446 e. The van der Waals surface area contributed by atoms with Gasteiger partial charge in [-0.2, -0.15) is 0 Å². The van der Waals surface area contributed by atoms with Gasteiger partial charge in [-0.1, -0.05) is 25.5 Å². The molecule has 1 amide bonds. The van der Waals surface area contributed by atoms with Crippen molar-refractivity contribution in [3.63, 3.8) is 0 Å². The fourth-order valence-corrected chi connectivity index (χ4v) is 6.84. The van der Waals surface area contributed by atoms with Gasteiger partial charge in [-0.05, 0) is 68.6 Å². The molecule has 4 rings (SSSR count). The molecule has 0 saturated heterocycles. The van der Waals surface area contributed by atoms with E-state index in [0.29, 0.717) is 30.1 Å². The van der Waals surface area contributed by atoms with Gasteiger partial charge in [0.15, 0.2) is 0 Å². The molecule has 4 heteroatoms. The van der Waals surface area contributed by atoms with E-state index >= 15 is 0 Å². The van der Waals surface area contributed by atoms with Crippen LogP contribution in [0.4, 0.5) is 4.79 Å². The van der Waals surface area contributed by atoms with Crippen LogP contribution in [0.3, 0.4) is 0 Å². The zero-order chi connectivity index (χ0) is 18.5. The van der Waals surface area contributed by atoms with Crippen LogP contribution in [0.5, 0.6) is 0 Å². The number of amides is 1. The average Bonchev–Trinajstić information content (AvgIpc) is 2.91. The summed E-state index contributed by atoms with van der Waals surface area (Å²) in [5, 5.41) is 2.74. The molecule has 4 aliphatic carbocycles. The highest BCUT2D eigenvalue weighted by molar-refractivity contribution is 5.87. The molecule has 0 aromatic heterocycles. The highest BCUT2D eigenvalue weighted by Gasteiger charge is 2.58. The van der Waals surface area contributed by atoms with Crippen molar-refractivity contribution in [2.24, 2.45) is 28.6 Å². The number of hydrogen-bond acceptors (Lipinski definition) is 3. The van der Waals surface area contributed by atoms with Crippen LogP contribution in [0.25, 0.3) is 0 Å². The monoisotopic (exact) mass is 359 g/mol. The first kappa shape index (κ1) is 18.1. The van der Waals surface area contributed by atoms with Gasteiger partial charge in [0.05, 0.1) is 0 Å². The van der Waals surface area contributed by atoms with Gasteiger partial charge < -0.3 is 10.1 Å². The molecule has 144 valence electrons. The second-order valence-corrected chi connectivity index (χ2v) is 9.48. The minimum absolute atomic E-state index is 0.0133. The Morgan fingerprint density at radius 2 is 1.92 bits per heavy atom. The summed E-state index contributed by atoms with van der Waals surface area (Å²) >= 11 is 0. The van der Waals surface area contributed by atoms with Gasteiger partial charge in [0, 0.05) is 24.8 Å². The number of nitrogens with one attached hydrogen (secondary N) is 1. The van der Waals surface area contributed by atoms with E-state index in [4.69, 9.17) is 4.74 Å². The Bertz CT molecular complexity index is 641. The Hall–Kier alpha value is -1.32. The molecule has 0 aromatic carbocycles. The summed E-state index contributed by atoms with van der Waals surface area (Å²) in [4.78, 5) is 24.3. The van der Waals surface area contributed by atoms with Gasteiger partial charge >= 0.3 is 6.09 Å². The van der Waals surface area contributed by atoms with Crippen molar-refractivity contribution in [1.29, 1.82) is 0 Å². The maximum atomic E-state index is 12.5. The molecule has 3 unspecified atom stereocenters. The number of fused-ring (bicyclic) bond motifs is 5. The van der Waals surface area contributed by atoms with Crippen LogP contribution in [0.2, 0.25) is 0 Å². The maximum absolute atomic E-state index is 12.5. The van der Waals surface area contributed by atoms with E-state index in [1.165, 1.54) is 12.0 Å². The Kier molecular flexibility index (Phi) is 4.44. The van der Waals surface area contributed by atoms with E-state index in [1.807, 2.05) is 6.92 Å². The minimum Gasteiger partial charge on any atom is -0.446 e. The molecule has 3 saturated carbocycles. The van der Waals surface area contributed by atoms with Crippen molar-refractivity contribution in [1.82, 2.24) is 5.32 Å². The van der Waals surface area contributed by atoms with Crippen LogP contribution in [0.15, 0.2) is 11.6 Å².